The highest BCUT2D eigenvalue weighted by molar-refractivity contribution is 5.93. The number of nitrogen functional groups attached to an aromatic ring is 1. The van der Waals surface area contributed by atoms with Gasteiger partial charge in [0, 0.05) is 12.4 Å². The quantitative estimate of drug-likeness (QED) is 0.541. The summed E-state index contributed by atoms with van der Waals surface area (Å²) >= 11 is 0. The van der Waals surface area contributed by atoms with Gasteiger partial charge in [-0.05, 0) is 25.1 Å². The van der Waals surface area contributed by atoms with Crippen molar-refractivity contribution in [2.24, 2.45) is 5.84 Å². The van der Waals surface area contributed by atoms with E-state index in [1.165, 1.54) is 6.20 Å². The summed E-state index contributed by atoms with van der Waals surface area (Å²) in [6, 6.07) is 5.03. The minimum absolute atomic E-state index is 0.215. The number of hydrazine groups is 1. The molecule has 0 bridgehead atoms. The van der Waals surface area contributed by atoms with E-state index in [1.54, 1.807) is 31.3 Å². The van der Waals surface area contributed by atoms with Crippen molar-refractivity contribution in [3.8, 4) is 0 Å². The number of anilines is 1. The highest BCUT2D eigenvalue weighted by Gasteiger charge is 2.06. The smallest absolute Gasteiger partial charge is 0.253 e. The molecule has 0 aliphatic heterocycles. The number of carbonyl (C=O) groups is 1. The van der Waals surface area contributed by atoms with Crippen molar-refractivity contribution in [3.63, 3.8) is 0 Å². The molecule has 19 heavy (non-hydrogen) atoms. The average Bonchev–Trinajstić information content (AvgIpc) is 2.45. The van der Waals surface area contributed by atoms with Crippen LogP contribution in [0.3, 0.4) is 0 Å². The van der Waals surface area contributed by atoms with E-state index in [4.69, 9.17) is 5.84 Å². The van der Waals surface area contributed by atoms with Crippen molar-refractivity contribution in [2.45, 2.75) is 13.5 Å². The Morgan fingerprint density at radius 3 is 2.79 bits per heavy atom. The van der Waals surface area contributed by atoms with Crippen LogP contribution in [0, 0.1) is 6.92 Å². The largest absolute Gasteiger partial charge is 0.346 e. The number of nitrogens with one attached hydrogen (secondary N) is 2. The summed E-state index contributed by atoms with van der Waals surface area (Å²) in [5.74, 6) is 6.16. The maximum atomic E-state index is 11.9. The molecule has 0 saturated heterocycles. The molecular formula is C12H14N6O. The first-order valence-electron chi connectivity index (χ1n) is 5.68. The Bertz CT molecular complexity index is 569. The number of carbonyl (C=O) groups excluding carboxylic acids is 1. The summed E-state index contributed by atoms with van der Waals surface area (Å²) < 4.78 is 0. The molecule has 0 fully saturated rings. The molecule has 0 aromatic carbocycles. The van der Waals surface area contributed by atoms with E-state index in [1.807, 2.05) is 0 Å². The summed E-state index contributed by atoms with van der Waals surface area (Å²) in [4.78, 5) is 24.0. The standard InChI is InChI=1S/C12H14N6O/c1-8-14-5-4-10(17-8)7-16-12(19)9-2-3-11(18-13)15-6-9/h2-6H,7,13H2,1H3,(H,15,18)(H,16,19). The van der Waals surface area contributed by atoms with Gasteiger partial charge in [-0.3, -0.25) is 4.79 Å². The van der Waals surface area contributed by atoms with E-state index >= 15 is 0 Å². The van der Waals surface area contributed by atoms with Crippen molar-refractivity contribution in [3.05, 3.63) is 47.7 Å². The van der Waals surface area contributed by atoms with Crippen molar-refractivity contribution >= 4 is 11.7 Å². The Balaban J connectivity index is 1.97. The zero-order valence-corrected chi connectivity index (χ0v) is 10.4. The molecule has 7 heteroatoms. The van der Waals surface area contributed by atoms with Crippen LogP contribution in [0.2, 0.25) is 0 Å². The maximum Gasteiger partial charge on any atom is 0.253 e. The van der Waals surface area contributed by atoms with Gasteiger partial charge in [0.15, 0.2) is 0 Å². The van der Waals surface area contributed by atoms with Crippen molar-refractivity contribution in [1.29, 1.82) is 0 Å². The number of hydrogen-bond donors (Lipinski definition) is 3. The van der Waals surface area contributed by atoms with E-state index < -0.39 is 0 Å². The van der Waals surface area contributed by atoms with Crippen molar-refractivity contribution in [2.75, 3.05) is 5.43 Å². The molecule has 4 N–H and O–H groups in total. The number of aryl methyl sites for hydroxylation is 1. The molecule has 98 valence electrons. The van der Waals surface area contributed by atoms with Gasteiger partial charge in [-0.25, -0.2) is 20.8 Å². The fraction of sp³-hybridized carbons (Fsp3) is 0.167. The third-order valence-electron chi connectivity index (χ3n) is 2.44. The molecule has 2 aromatic heterocycles. The number of nitrogens with two attached hydrogens (primary N) is 1. The molecule has 0 aliphatic rings. The van der Waals surface area contributed by atoms with Crippen LogP contribution in [0.1, 0.15) is 21.9 Å². The Morgan fingerprint density at radius 2 is 2.16 bits per heavy atom. The highest BCUT2D eigenvalue weighted by atomic mass is 16.1. The van der Waals surface area contributed by atoms with Gasteiger partial charge in [-0.15, -0.1) is 0 Å². The van der Waals surface area contributed by atoms with Crippen LogP contribution in [0.25, 0.3) is 0 Å². The van der Waals surface area contributed by atoms with Gasteiger partial charge in [-0.1, -0.05) is 0 Å². The lowest BCUT2D eigenvalue weighted by molar-refractivity contribution is 0.0950. The van der Waals surface area contributed by atoms with E-state index in [2.05, 4.69) is 25.7 Å². The summed E-state index contributed by atoms with van der Waals surface area (Å²) in [6.07, 6.45) is 3.11. The van der Waals surface area contributed by atoms with Crippen LogP contribution in [0.4, 0.5) is 5.82 Å². The second kappa shape index (κ2) is 5.87. The minimum atomic E-state index is -0.215. The molecule has 0 saturated carbocycles. The SMILES string of the molecule is Cc1nccc(CNC(=O)c2ccc(NN)nc2)n1. The van der Waals surface area contributed by atoms with Crippen LogP contribution in [-0.4, -0.2) is 20.9 Å². The topological polar surface area (TPSA) is 106 Å². The number of nitrogens with zero attached hydrogens (tertiary/aromatic N) is 3. The molecule has 1 amide bonds. The fourth-order valence-electron chi connectivity index (χ4n) is 1.49. The second-order valence-corrected chi connectivity index (χ2v) is 3.85. The molecule has 2 rings (SSSR count). The van der Waals surface area contributed by atoms with E-state index in [0.717, 1.165) is 5.69 Å². The lowest BCUT2D eigenvalue weighted by Gasteiger charge is -2.05. The monoisotopic (exact) mass is 258 g/mol. The van der Waals surface area contributed by atoms with E-state index in [0.29, 0.717) is 23.8 Å². The normalized spacial score (nSPS) is 10.0. The second-order valence-electron chi connectivity index (χ2n) is 3.85. The highest BCUT2D eigenvalue weighted by Crippen LogP contribution is 2.03. The number of amides is 1. The van der Waals surface area contributed by atoms with E-state index in [9.17, 15) is 4.79 Å². The Morgan fingerprint density at radius 1 is 1.32 bits per heavy atom. The summed E-state index contributed by atoms with van der Waals surface area (Å²) in [5, 5.41) is 2.76. The molecule has 2 aromatic rings. The molecule has 0 aliphatic carbocycles. The number of hydrogen-bond acceptors (Lipinski definition) is 6. The summed E-state index contributed by atoms with van der Waals surface area (Å²) in [6.45, 7) is 2.15. The molecule has 7 nitrogen and oxygen atoms in total. The zero-order chi connectivity index (χ0) is 13.7. The van der Waals surface area contributed by atoms with Gasteiger partial charge < -0.3 is 10.7 Å². The van der Waals surface area contributed by atoms with Gasteiger partial charge in [-0.2, -0.15) is 0 Å². The van der Waals surface area contributed by atoms with Gasteiger partial charge in [0.1, 0.15) is 11.6 Å². The van der Waals surface area contributed by atoms with Crippen molar-refractivity contribution < 1.29 is 4.79 Å². The first-order chi connectivity index (χ1) is 9.19. The van der Waals surface area contributed by atoms with Crippen LogP contribution < -0.4 is 16.6 Å². The number of pyridine rings is 1. The first-order valence-corrected chi connectivity index (χ1v) is 5.68. The maximum absolute atomic E-state index is 11.9. The summed E-state index contributed by atoms with van der Waals surface area (Å²) in [7, 11) is 0. The van der Waals surface area contributed by atoms with E-state index in [-0.39, 0.29) is 5.91 Å². The Labute approximate surface area is 110 Å². The van der Waals surface area contributed by atoms with Gasteiger partial charge in [0.25, 0.3) is 5.91 Å². The first kappa shape index (κ1) is 12.9. The van der Waals surface area contributed by atoms with Gasteiger partial charge >= 0.3 is 0 Å². The Hall–Kier alpha value is -2.54. The molecule has 2 heterocycles. The van der Waals surface area contributed by atoms with Crippen LogP contribution in [-0.2, 0) is 6.54 Å². The zero-order valence-electron chi connectivity index (χ0n) is 10.4. The van der Waals surface area contributed by atoms with Gasteiger partial charge in [0.2, 0.25) is 0 Å². The fourth-order valence-corrected chi connectivity index (χ4v) is 1.49. The average molecular weight is 258 g/mol. The van der Waals surface area contributed by atoms with Crippen LogP contribution in [0.15, 0.2) is 30.6 Å². The molecule has 0 unspecified atom stereocenters. The van der Waals surface area contributed by atoms with Crippen molar-refractivity contribution in [1.82, 2.24) is 20.3 Å². The molecule has 0 radical (unpaired) electrons. The van der Waals surface area contributed by atoms with Crippen LogP contribution >= 0.6 is 0 Å². The predicted molar refractivity (Wildman–Crippen MR) is 70.0 cm³/mol. The minimum Gasteiger partial charge on any atom is -0.346 e. The lowest BCUT2D eigenvalue weighted by Crippen LogP contribution is -2.23. The molecular weight excluding hydrogens is 244 g/mol. The third kappa shape index (κ3) is 3.46. The lowest BCUT2D eigenvalue weighted by atomic mass is 10.2. The van der Waals surface area contributed by atoms with Crippen LogP contribution in [0.5, 0.6) is 0 Å². The third-order valence-corrected chi connectivity index (χ3v) is 2.44. The Kier molecular flexibility index (Phi) is 3.99. The number of aromatic nitrogens is 3. The molecule has 0 atom stereocenters. The summed E-state index contributed by atoms with van der Waals surface area (Å²) in [5.41, 5.74) is 3.62. The van der Waals surface area contributed by atoms with Gasteiger partial charge in [0.05, 0.1) is 17.8 Å². The predicted octanol–water partition coefficient (Wildman–Crippen LogP) is 0.396. The molecule has 0 spiro atoms. The number of rotatable bonds is 4.